The Morgan fingerprint density at radius 2 is 2.09 bits per heavy atom. The third-order valence-electron chi connectivity index (χ3n) is 3.52. The molecule has 0 fully saturated rings. The summed E-state index contributed by atoms with van der Waals surface area (Å²) in [6, 6.07) is 8.78. The van der Waals surface area contributed by atoms with Crippen LogP contribution in [-0.4, -0.2) is 18.5 Å². The van der Waals surface area contributed by atoms with Gasteiger partial charge in [-0.25, -0.2) is 0 Å². The van der Waals surface area contributed by atoms with Crippen LogP contribution in [0.3, 0.4) is 0 Å². The summed E-state index contributed by atoms with van der Waals surface area (Å²) in [5.41, 5.74) is 1.93. The van der Waals surface area contributed by atoms with Gasteiger partial charge in [-0.1, -0.05) is 0 Å². The second-order valence-corrected chi connectivity index (χ2v) is 6.25. The van der Waals surface area contributed by atoms with E-state index >= 15 is 0 Å². The molecule has 0 saturated heterocycles. The van der Waals surface area contributed by atoms with E-state index in [4.69, 9.17) is 9.47 Å². The van der Waals surface area contributed by atoms with Gasteiger partial charge in [0.15, 0.2) is 0 Å². The van der Waals surface area contributed by atoms with Gasteiger partial charge in [0.25, 0.3) is 0 Å². The molecule has 1 aromatic carbocycles. The minimum Gasteiger partial charge on any atom is -0.426 e. The fraction of sp³-hybridized carbons (Fsp3) is 0.294. The van der Waals surface area contributed by atoms with Crippen molar-refractivity contribution in [2.45, 2.75) is 25.9 Å². The van der Waals surface area contributed by atoms with E-state index < -0.39 is 0 Å². The summed E-state index contributed by atoms with van der Waals surface area (Å²) in [7, 11) is 0. The van der Waals surface area contributed by atoms with Gasteiger partial charge in [-0.05, 0) is 47.7 Å². The number of fused-ring (bicyclic) bond motifs is 1. The van der Waals surface area contributed by atoms with E-state index in [0.717, 1.165) is 11.3 Å². The minimum atomic E-state index is -0.330. The second kappa shape index (κ2) is 6.93. The molecule has 1 aromatic heterocycles. The van der Waals surface area contributed by atoms with Crippen LogP contribution in [0.1, 0.15) is 29.9 Å². The van der Waals surface area contributed by atoms with Crippen molar-refractivity contribution >= 4 is 28.9 Å². The van der Waals surface area contributed by atoms with Crippen molar-refractivity contribution in [3.05, 3.63) is 46.2 Å². The van der Waals surface area contributed by atoms with Gasteiger partial charge < -0.3 is 14.8 Å². The maximum Gasteiger partial charge on any atom is 0.314 e. The predicted octanol–water partition coefficient (Wildman–Crippen LogP) is 3.32. The summed E-state index contributed by atoms with van der Waals surface area (Å²) in [5.74, 6) is -0.0224. The molecule has 1 aliphatic rings. The number of thiophene rings is 1. The molecule has 0 radical (unpaired) electrons. The first-order chi connectivity index (χ1) is 11.1. The Hall–Kier alpha value is -2.18. The zero-order valence-corrected chi connectivity index (χ0v) is 13.5. The number of carbonyl (C=O) groups is 2. The van der Waals surface area contributed by atoms with Crippen molar-refractivity contribution in [1.29, 1.82) is 0 Å². The molecule has 0 spiro atoms. The van der Waals surface area contributed by atoms with Crippen LogP contribution in [0.5, 0.6) is 5.75 Å². The summed E-state index contributed by atoms with van der Waals surface area (Å²) >= 11 is 1.62. The van der Waals surface area contributed by atoms with Gasteiger partial charge in [-0.3, -0.25) is 9.59 Å². The molecule has 1 unspecified atom stereocenters. The molecule has 1 amide bonds. The molecule has 2 heterocycles. The number of benzene rings is 1. The molecule has 3 rings (SSSR count). The highest BCUT2D eigenvalue weighted by molar-refractivity contribution is 7.10. The highest BCUT2D eigenvalue weighted by Crippen LogP contribution is 2.34. The molecule has 2 aromatic rings. The summed E-state index contributed by atoms with van der Waals surface area (Å²) < 4.78 is 11.0. The molecular weight excluding hydrogens is 314 g/mol. The molecule has 1 atom stereocenters. The minimum absolute atomic E-state index is 0.143. The van der Waals surface area contributed by atoms with E-state index in [1.165, 1.54) is 12.5 Å². The lowest BCUT2D eigenvalue weighted by Crippen LogP contribution is -2.19. The maximum atomic E-state index is 12.1. The molecular formula is C17H17NO4S. The van der Waals surface area contributed by atoms with Crippen LogP contribution in [-0.2, 0) is 20.7 Å². The van der Waals surface area contributed by atoms with Crippen LogP contribution < -0.4 is 10.1 Å². The Morgan fingerprint density at radius 3 is 2.83 bits per heavy atom. The topological polar surface area (TPSA) is 64.6 Å². The SMILES string of the molecule is CC(=O)Nc1ccc(OC(=O)CC2OCCc3ccsc32)cc1. The van der Waals surface area contributed by atoms with Crippen molar-refractivity contribution in [3.8, 4) is 5.75 Å². The number of esters is 1. The second-order valence-electron chi connectivity index (χ2n) is 5.30. The van der Waals surface area contributed by atoms with Gasteiger partial charge in [0.05, 0.1) is 13.0 Å². The number of carbonyl (C=O) groups excluding carboxylic acids is 2. The Labute approximate surface area is 138 Å². The monoisotopic (exact) mass is 331 g/mol. The van der Waals surface area contributed by atoms with E-state index in [2.05, 4.69) is 11.4 Å². The van der Waals surface area contributed by atoms with Crippen molar-refractivity contribution < 1.29 is 19.1 Å². The lowest BCUT2D eigenvalue weighted by molar-refractivity contribution is -0.137. The smallest absolute Gasteiger partial charge is 0.314 e. The van der Waals surface area contributed by atoms with Crippen molar-refractivity contribution in [3.63, 3.8) is 0 Å². The van der Waals surface area contributed by atoms with Crippen LogP contribution in [0, 0.1) is 0 Å². The lowest BCUT2D eigenvalue weighted by Gasteiger charge is -2.22. The molecule has 0 bridgehead atoms. The highest BCUT2D eigenvalue weighted by Gasteiger charge is 2.25. The average Bonchev–Trinajstić information content (AvgIpc) is 2.98. The van der Waals surface area contributed by atoms with Crippen LogP contribution in [0.25, 0.3) is 0 Å². The lowest BCUT2D eigenvalue weighted by atomic mass is 10.1. The zero-order chi connectivity index (χ0) is 16.2. The van der Waals surface area contributed by atoms with Crippen molar-refractivity contribution in [2.75, 3.05) is 11.9 Å². The quantitative estimate of drug-likeness (QED) is 0.689. The van der Waals surface area contributed by atoms with Gasteiger partial charge in [-0.15, -0.1) is 11.3 Å². The number of ether oxygens (including phenoxy) is 2. The summed E-state index contributed by atoms with van der Waals surface area (Å²) in [6.07, 6.45) is 0.876. The Bertz CT molecular complexity index is 708. The van der Waals surface area contributed by atoms with Gasteiger partial charge in [0.1, 0.15) is 11.9 Å². The van der Waals surface area contributed by atoms with E-state index in [9.17, 15) is 9.59 Å². The summed E-state index contributed by atoms with van der Waals surface area (Å²) in [5, 5.41) is 4.69. The predicted molar refractivity (Wildman–Crippen MR) is 87.7 cm³/mol. The molecule has 5 nitrogen and oxygen atoms in total. The third-order valence-corrected chi connectivity index (χ3v) is 4.57. The van der Waals surface area contributed by atoms with Gasteiger partial charge >= 0.3 is 5.97 Å². The largest absolute Gasteiger partial charge is 0.426 e. The van der Waals surface area contributed by atoms with Crippen LogP contribution in [0.4, 0.5) is 5.69 Å². The van der Waals surface area contributed by atoms with Crippen molar-refractivity contribution in [2.24, 2.45) is 0 Å². The molecule has 0 aliphatic carbocycles. The average molecular weight is 331 g/mol. The number of hydrogen-bond donors (Lipinski definition) is 1. The molecule has 1 aliphatic heterocycles. The fourth-order valence-corrected chi connectivity index (χ4v) is 3.51. The number of hydrogen-bond acceptors (Lipinski definition) is 5. The molecule has 23 heavy (non-hydrogen) atoms. The first-order valence-electron chi connectivity index (χ1n) is 7.38. The highest BCUT2D eigenvalue weighted by atomic mass is 32.1. The Kier molecular flexibility index (Phi) is 4.73. The molecule has 6 heteroatoms. The Morgan fingerprint density at radius 1 is 1.30 bits per heavy atom. The molecule has 120 valence electrons. The molecule has 0 saturated carbocycles. The van der Waals surface area contributed by atoms with E-state index in [1.807, 2.05) is 5.38 Å². The standard InChI is InChI=1S/C17H17NO4S/c1-11(19)18-13-2-4-14(5-3-13)22-16(20)10-15-17-12(6-8-21-15)7-9-23-17/h2-5,7,9,15H,6,8,10H2,1H3,(H,18,19). The zero-order valence-electron chi connectivity index (χ0n) is 12.7. The van der Waals surface area contributed by atoms with E-state index in [0.29, 0.717) is 18.0 Å². The fourth-order valence-electron chi connectivity index (χ4n) is 2.51. The number of anilines is 1. The van der Waals surface area contributed by atoms with Crippen molar-refractivity contribution in [1.82, 2.24) is 0 Å². The van der Waals surface area contributed by atoms with E-state index in [1.54, 1.807) is 35.6 Å². The molecule has 1 N–H and O–H groups in total. The van der Waals surface area contributed by atoms with Crippen LogP contribution >= 0.6 is 11.3 Å². The van der Waals surface area contributed by atoms with Gasteiger partial charge in [0, 0.05) is 17.5 Å². The summed E-state index contributed by atoms with van der Waals surface area (Å²) in [4.78, 5) is 24.2. The number of amides is 1. The van der Waals surface area contributed by atoms with E-state index in [-0.39, 0.29) is 24.4 Å². The third kappa shape index (κ3) is 3.97. The van der Waals surface area contributed by atoms with Crippen LogP contribution in [0.2, 0.25) is 0 Å². The number of nitrogens with one attached hydrogen (secondary N) is 1. The first kappa shape index (κ1) is 15.7. The summed E-state index contributed by atoms with van der Waals surface area (Å²) in [6.45, 7) is 2.07. The normalized spacial score (nSPS) is 16.5. The Balaban J connectivity index is 1.59. The van der Waals surface area contributed by atoms with Gasteiger partial charge in [-0.2, -0.15) is 0 Å². The number of rotatable bonds is 4. The van der Waals surface area contributed by atoms with Gasteiger partial charge in [0.2, 0.25) is 5.91 Å². The first-order valence-corrected chi connectivity index (χ1v) is 8.26. The maximum absolute atomic E-state index is 12.1. The van der Waals surface area contributed by atoms with Crippen LogP contribution in [0.15, 0.2) is 35.7 Å².